The van der Waals surface area contributed by atoms with Crippen LogP contribution in [0.5, 0.6) is 0 Å². The molecule has 0 saturated heterocycles. The Balaban J connectivity index is 6.97. The molecular weight excluding hydrogens is 2280 g/mol. The highest BCUT2D eigenvalue weighted by Gasteiger charge is 3.07. The van der Waals surface area contributed by atoms with Crippen molar-refractivity contribution in [3.63, 3.8) is 0 Å². The Morgan fingerprint density at radius 2 is 0.236 bits per heavy atom. The van der Waals surface area contributed by atoms with E-state index in [9.17, 15) is 380 Å². The van der Waals surface area contributed by atoms with E-state index in [-0.39, 0.29) is 0 Å². The first-order valence-electron chi connectivity index (χ1n) is 31.5. The van der Waals surface area contributed by atoms with Crippen LogP contribution in [0.4, 0.5) is 360 Å². The van der Waals surface area contributed by atoms with Gasteiger partial charge in [-0.3, -0.25) is 9.59 Å². The Kier molecular flexibility index (Phi) is 33.2. The molecule has 838 valence electrons. The van der Waals surface area contributed by atoms with Crippen molar-refractivity contribution in [2.75, 3.05) is 13.2 Å². The zero-order valence-corrected chi connectivity index (χ0v) is 61.3. The molecule has 2 N–H and O–H groups in total. The second-order valence-electron chi connectivity index (χ2n) is 27.4. The molecule has 88 heteroatoms. The lowest BCUT2D eigenvalue weighted by molar-refractivity contribution is -0.495. The number of ether oxygens (including phenoxy) is 2. The third-order valence-electron chi connectivity index (χ3n) is 17.9. The molecule has 0 aromatic heterocycles. The molecule has 0 radical (unpaired) electrons. The van der Waals surface area contributed by atoms with Gasteiger partial charge in [-0.2, -0.15) is 360 Å². The molecule has 0 heterocycles. The molecule has 0 bridgehead atoms. The largest absolute Gasteiger partial charge is 0.463 e. The van der Waals surface area contributed by atoms with Gasteiger partial charge in [0.15, 0.2) is 0 Å². The molecule has 140 heavy (non-hydrogen) atoms. The number of carbonyl (C=O) groups excluding carboxylic acids is 2. The predicted octanol–water partition coefficient (Wildman–Crippen LogP) is 26.4. The van der Waals surface area contributed by atoms with E-state index in [4.69, 9.17) is 0 Å². The average Bonchev–Trinajstić information content (AvgIpc) is 0.674. The van der Waals surface area contributed by atoms with Crippen LogP contribution in [0.1, 0.15) is 38.5 Å². The van der Waals surface area contributed by atoms with Gasteiger partial charge in [-0.05, 0) is 12.8 Å². The molecule has 0 aromatic carbocycles. The number of halogens is 82. The molecule has 0 aliphatic heterocycles. The Morgan fingerprint density at radius 1 is 0.150 bits per heavy atom. The van der Waals surface area contributed by atoms with Crippen LogP contribution in [-0.4, -0.2) is 285 Å². The summed E-state index contributed by atoms with van der Waals surface area (Å²) < 4.78 is 1160. The number of carbonyl (C=O) groups is 2. The van der Waals surface area contributed by atoms with Gasteiger partial charge in [0.2, 0.25) is 0 Å². The van der Waals surface area contributed by atoms with Gasteiger partial charge in [0, 0.05) is 25.7 Å². The summed E-state index contributed by atoms with van der Waals surface area (Å²) in [7, 11) is 0. The lowest BCUT2D eigenvalue weighted by Crippen LogP contribution is -2.80. The van der Waals surface area contributed by atoms with E-state index in [0.29, 0.717) is 0 Å². The minimum absolute atomic E-state index is 1.42. The molecule has 0 rings (SSSR count). The summed E-state index contributed by atoms with van der Waals surface area (Å²) in [6.45, 7) is -5.62. The van der Waals surface area contributed by atoms with Crippen LogP contribution in [-0.2, 0) is 19.1 Å². The van der Waals surface area contributed by atoms with E-state index < -0.39 is 313 Å². The standard InChI is InChI=1S/C52H20F82O6/c53-13(54,15(57,58)17(61,62)19(65,66)21(69,70)23(73,74)25(77,78)27(81,82)29(85,86)31(89,90)33(93,94)35(97,98)37(101,102)39(105,106)41(109,110)43(113,114)45(117,118)47(121,122)49(125,126)51(129,130)131)5-9(135)7-139-11(137)3-1-2-4-12(138)140-8-10(136)6-14(55,56)16(59,60)18(63,64)20(67,68)22(71,72)24(75,76)26(79,80)28(83,84)30(87,88)32(91,92)34(95,96)36(99,100)38(103,104)40(107,108)42(111,112)44(115,116)46(119,120)48(123,124)50(127,128)52(132,133)134/h9-10,135-136H,1-8H2. The molecule has 0 aliphatic rings. The molecule has 2 atom stereocenters. The van der Waals surface area contributed by atoms with Crippen LogP contribution in [0.2, 0.25) is 0 Å². The van der Waals surface area contributed by atoms with Gasteiger partial charge in [0.25, 0.3) is 0 Å². The van der Waals surface area contributed by atoms with Crippen LogP contribution < -0.4 is 0 Å². The SMILES string of the molecule is O=C(CCCCC(=O)OCC(O)CC(F)(F)C(F)(F)C(F)(F)C(F)(F)C(F)(F)C(F)(F)C(F)(F)C(F)(F)C(F)(F)C(F)(F)C(F)(F)C(F)(F)C(F)(F)C(F)(F)C(F)(F)C(F)(F)C(F)(F)C(F)(F)C(F)(F)C(F)(F)F)OCC(O)CC(F)(F)C(F)(F)C(F)(F)C(F)(F)C(F)(F)C(F)(F)C(F)(F)C(F)(F)C(F)(F)C(F)(F)C(F)(F)C(F)(F)C(F)(F)C(F)(F)C(F)(F)C(F)(F)C(F)(F)C(F)(F)C(F)(F)C(F)(F)F. The van der Waals surface area contributed by atoms with Crippen LogP contribution in [0, 0.1) is 0 Å². The summed E-state index contributed by atoms with van der Waals surface area (Å²) >= 11 is 0. The third kappa shape index (κ3) is 16.9. The maximum absolute atomic E-state index is 14.5. The summed E-state index contributed by atoms with van der Waals surface area (Å²) in [4.78, 5) is 23.7. The van der Waals surface area contributed by atoms with Crippen molar-refractivity contribution in [1.82, 2.24) is 0 Å². The number of alkyl halides is 82. The quantitative estimate of drug-likeness (QED) is 0.0358. The third-order valence-corrected chi connectivity index (χ3v) is 17.9. The Hall–Kier alpha value is -6.88. The highest BCUT2D eigenvalue weighted by Crippen LogP contribution is 2.76. The highest BCUT2D eigenvalue weighted by molar-refractivity contribution is 5.70. The highest BCUT2D eigenvalue weighted by atomic mass is 19.5. The van der Waals surface area contributed by atoms with Crippen molar-refractivity contribution in [2.45, 2.75) is 288 Å². The number of aliphatic hydroxyl groups is 2. The predicted molar refractivity (Wildman–Crippen MR) is 262 cm³/mol. The molecule has 0 aromatic rings. The van der Waals surface area contributed by atoms with Crippen molar-refractivity contribution < 1.29 is 389 Å². The van der Waals surface area contributed by atoms with Crippen molar-refractivity contribution in [2.24, 2.45) is 0 Å². The Bertz CT molecular complexity index is 4040. The normalized spacial score (nSPS) is 17.4. The Morgan fingerprint density at radius 3 is 0.329 bits per heavy atom. The maximum atomic E-state index is 14.5. The van der Waals surface area contributed by atoms with Gasteiger partial charge >= 0.3 is 249 Å². The maximum Gasteiger partial charge on any atom is 0.460 e. The lowest BCUT2D eigenvalue weighted by atomic mass is 9.81. The molecule has 0 amide bonds. The fraction of sp³-hybridized carbons (Fsp3) is 0.962. The van der Waals surface area contributed by atoms with E-state index in [2.05, 4.69) is 9.47 Å². The first-order chi connectivity index (χ1) is 59.3. The number of hydrogen-bond donors (Lipinski definition) is 2. The summed E-state index contributed by atoms with van der Waals surface area (Å²) in [5.41, 5.74) is 0. The second kappa shape index (κ2) is 34.9. The zero-order valence-electron chi connectivity index (χ0n) is 61.3. The van der Waals surface area contributed by atoms with E-state index in [0.717, 1.165) is 0 Å². The van der Waals surface area contributed by atoms with Crippen molar-refractivity contribution in [3.8, 4) is 0 Å². The van der Waals surface area contributed by atoms with Crippen LogP contribution in [0.25, 0.3) is 0 Å². The van der Waals surface area contributed by atoms with Crippen molar-refractivity contribution >= 4 is 11.9 Å². The number of aliphatic hydroxyl groups excluding tert-OH is 2. The molecule has 2 unspecified atom stereocenters. The fourth-order valence-electron chi connectivity index (χ4n) is 9.15. The smallest absolute Gasteiger partial charge is 0.460 e. The molecule has 0 spiro atoms. The van der Waals surface area contributed by atoms with Crippen LogP contribution in [0.15, 0.2) is 0 Å². The van der Waals surface area contributed by atoms with E-state index >= 15 is 0 Å². The topological polar surface area (TPSA) is 93.1 Å². The van der Waals surface area contributed by atoms with E-state index in [1.54, 1.807) is 0 Å². The molecular formula is C52H20F82O6. The van der Waals surface area contributed by atoms with E-state index in [1.165, 1.54) is 0 Å². The van der Waals surface area contributed by atoms with Gasteiger partial charge in [-0.1, -0.05) is 0 Å². The summed E-state index contributed by atoms with van der Waals surface area (Å²) in [6, 6.07) is 0. The van der Waals surface area contributed by atoms with Crippen LogP contribution in [0.3, 0.4) is 0 Å². The van der Waals surface area contributed by atoms with Gasteiger partial charge in [-0.25, -0.2) is 0 Å². The minimum atomic E-state index is -10.9. The van der Waals surface area contributed by atoms with Crippen molar-refractivity contribution in [3.05, 3.63) is 0 Å². The summed E-state index contributed by atoms with van der Waals surface area (Å²) in [6.07, 6.45) is -40.8. The monoisotopic (exact) mass is 2300 g/mol. The summed E-state index contributed by atoms with van der Waals surface area (Å²) in [5.74, 6) is -395. The minimum Gasteiger partial charge on any atom is -0.463 e. The fourth-order valence-corrected chi connectivity index (χ4v) is 9.15. The number of esters is 2. The van der Waals surface area contributed by atoms with E-state index in [1.807, 2.05) is 0 Å². The first kappa shape index (κ1) is 133. The second-order valence-corrected chi connectivity index (χ2v) is 27.4. The summed E-state index contributed by atoms with van der Waals surface area (Å²) in [5, 5.41) is 18.8. The molecule has 0 fully saturated rings. The number of rotatable bonds is 49. The first-order valence-corrected chi connectivity index (χ1v) is 31.5. The van der Waals surface area contributed by atoms with Gasteiger partial charge in [-0.15, -0.1) is 0 Å². The van der Waals surface area contributed by atoms with Gasteiger partial charge in [0.05, 0.1) is 12.2 Å². The van der Waals surface area contributed by atoms with Gasteiger partial charge < -0.3 is 19.7 Å². The number of hydrogen-bond acceptors (Lipinski definition) is 6. The average molecular weight is 2300 g/mol. The Labute approximate surface area is 703 Å². The lowest BCUT2D eigenvalue weighted by Gasteiger charge is -2.47. The molecule has 6 nitrogen and oxygen atoms in total. The molecule has 0 aliphatic carbocycles. The van der Waals surface area contributed by atoms with Crippen molar-refractivity contribution in [1.29, 1.82) is 0 Å². The van der Waals surface area contributed by atoms with Gasteiger partial charge in [0.1, 0.15) is 13.2 Å². The molecule has 0 saturated carbocycles. The van der Waals surface area contributed by atoms with Crippen LogP contribution >= 0.6 is 0 Å². The number of unbranched alkanes of at least 4 members (excludes halogenated alkanes) is 1. The zero-order chi connectivity index (χ0) is 115.